The molecule has 2 saturated heterocycles. The van der Waals surface area contributed by atoms with Crippen molar-refractivity contribution in [3.8, 4) is 5.75 Å². The highest BCUT2D eigenvalue weighted by Gasteiger charge is 2.69. The number of benzene rings is 1. The number of likely N-dealkylation sites (tertiary alicyclic amines) is 1. The quantitative estimate of drug-likeness (QED) is 0.537. The van der Waals surface area contributed by atoms with Crippen LogP contribution in [0.1, 0.15) is 26.7 Å². The maximum atomic E-state index is 13.2. The number of halogens is 2. The molecule has 0 aromatic heterocycles. The van der Waals surface area contributed by atoms with E-state index in [0.717, 1.165) is 0 Å². The normalized spacial score (nSPS) is 28.0. The summed E-state index contributed by atoms with van der Waals surface area (Å²) in [5, 5.41) is 6.21. The van der Waals surface area contributed by atoms with E-state index in [0.29, 0.717) is 41.6 Å². The Morgan fingerprint density at radius 3 is 2.73 bits per heavy atom. The smallest absolute Gasteiger partial charge is 0.261 e. The lowest BCUT2D eigenvalue weighted by Gasteiger charge is -2.31. The number of piperidine rings is 1. The molecule has 3 aliphatic rings. The van der Waals surface area contributed by atoms with E-state index in [-0.39, 0.29) is 53.9 Å². The molecule has 1 aliphatic carbocycles. The maximum absolute atomic E-state index is 13.2. The van der Waals surface area contributed by atoms with Crippen LogP contribution >= 0.6 is 23.2 Å². The van der Waals surface area contributed by atoms with Crippen LogP contribution in [0.15, 0.2) is 18.2 Å². The largest absolute Gasteiger partial charge is 0.484 e. The first-order valence-electron chi connectivity index (χ1n) is 11.0. The second-order valence-electron chi connectivity index (χ2n) is 9.57. The highest BCUT2D eigenvalue weighted by Crippen LogP contribution is 2.64. The number of carbonyl (C=O) groups excluding carboxylic acids is 4. The summed E-state index contributed by atoms with van der Waals surface area (Å²) in [5.74, 6) is -0.470. The number of hydrogen-bond acceptors (Lipinski definition) is 5. The number of nitrogens with one attached hydrogen (secondary N) is 2. The van der Waals surface area contributed by atoms with Gasteiger partial charge in [-0.25, -0.2) is 0 Å². The third kappa shape index (κ3) is 4.68. The van der Waals surface area contributed by atoms with E-state index in [1.807, 2.05) is 0 Å². The van der Waals surface area contributed by atoms with Crippen molar-refractivity contribution in [2.24, 2.45) is 23.2 Å². The number of carbonyl (C=O) groups is 4. The van der Waals surface area contributed by atoms with E-state index in [1.165, 1.54) is 11.0 Å². The first kappa shape index (κ1) is 23.8. The second-order valence-corrected chi connectivity index (χ2v) is 10.4. The van der Waals surface area contributed by atoms with Crippen LogP contribution in [0.5, 0.6) is 5.75 Å². The minimum Gasteiger partial charge on any atom is -0.484 e. The molecule has 2 aliphatic heterocycles. The summed E-state index contributed by atoms with van der Waals surface area (Å²) in [6.45, 7) is 4.94. The Morgan fingerprint density at radius 1 is 1.33 bits per heavy atom. The molecule has 2 N–H and O–H groups in total. The van der Waals surface area contributed by atoms with Gasteiger partial charge in [0.2, 0.25) is 11.8 Å². The van der Waals surface area contributed by atoms with E-state index >= 15 is 0 Å². The average Bonchev–Trinajstić information content (AvgIpc) is 3.13. The number of hydrogen-bond donors (Lipinski definition) is 2. The fraction of sp³-hybridized carbons (Fsp3) is 0.565. The van der Waals surface area contributed by atoms with E-state index < -0.39 is 12.1 Å². The number of nitrogens with zero attached hydrogens (tertiary/aromatic N) is 1. The van der Waals surface area contributed by atoms with Crippen LogP contribution in [0, 0.1) is 23.2 Å². The van der Waals surface area contributed by atoms with E-state index in [9.17, 15) is 19.2 Å². The summed E-state index contributed by atoms with van der Waals surface area (Å²) in [7, 11) is 0. The van der Waals surface area contributed by atoms with Gasteiger partial charge in [-0.1, -0.05) is 37.0 Å². The predicted molar refractivity (Wildman–Crippen MR) is 122 cm³/mol. The Morgan fingerprint density at radius 2 is 2.09 bits per heavy atom. The van der Waals surface area contributed by atoms with Crippen LogP contribution < -0.4 is 15.4 Å². The molecule has 0 radical (unpaired) electrons. The molecule has 10 heteroatoms. The predicted octanol–water partition coefficient (Wildman–Crippen LogP) is 2.07. The molecule has 1 aromatic carbocycles. The zero-order valence-electron chi connectivity index (χ0n) is 18.5. The van der Waals surface area contributed by atoms with Crippen molar-refractivity contribution in [2.75, 3.05) is 19.7 Å². The van der Waals surface area contributed by atoms with Crippen molar-refractivity contribution in [3.05, 3.63) is 28.2 Å². The van der Waals surface area contributed by atoms with Crippen LogP contribution in [0.4, 0.5) is 0 Å². The van der Waals surface area contributed by atoms with Crippen LogP contribution in [0.3, 0.4) is 0 Å². The third-order valence-electron chi connectivity index (χ3n) is 7.24. The number of fused-ring (bicyclic) bond motifs is 1. The van der Waals surface area contributed by atoms with Gasteiger partial charge in [0.05, 0.1) is 16.1 Å². The Kier molecular flexibility index (Phi) is 6.60. The first-order chi connectivity index (χ1) is 15.6. The van der Waals surface area contributed by atoms with Gasteiger partial charge < -0.3 is 25.1 Å². The van der Waals surface area contributed by atoms with Gasteiger partial charge in [-0.2, -0.15) is 0 Å². The number of aldehydes is 1. The third-order valence-corrected chi connectivity index (χ3v) is 7.98. The monoisotopic (exact) mass is 495 g/mol. The van der Waals surface area contributed by atoms with Crippen molar-refractivity contribution >= 4 is 47.2 Å². The lowest BCUT2D eigenvalue weighted by Crippen LogP contribution is -2.53. The zero-order valence-corrected chi connectivity index (χ0v) is 20.0. The molecule has 0 unspecified atom stereocenters. The number of ether oxygens (including phenoxy) is 1. The number of amides is 3. The summed E-state index contributed by atoms with van der Waals surface area (Å²) < 4.78 is 5.58. The van der Waals surface area contributed by atoms with Crippen LogP contribution in [0.25, 0.3) is 0 Å². The zero-order chi connectivity index (χ0) is 23.9. The molecular formula is C23H27Cl2N3O5. The van der Waals surface area contributed by atoms with Gasteiger partial charge >= 0.3 is 0 Å². The molecule has 1 saturated carbocycles. The summed E-state index contributed by atoms with van der Waals surface area (Å²) in [5.41, 5.74) is -0.0641. The average molecular weight is 496 g/mol. The molecule has 5 atom stereocenters. The molecule has 1 aromatic rings. The fourth-order valence-corrected chi connectivity index (χ4v) is 5.52. The lowest BCUT2D eigenvalue weighted by atomic mass is 9.97. The Labute approximate surface area is 202 Å². The number of rotatable bonds is 8. The van der Waals surface area contributed by atoms with Gasteiger partial charge in [-0.3, -0.25) is 14.4 Å². The van der Waals surface area contributed by atoms with Crippen molar-refractivity contribution in [2.45, 2.75) is 38.8 Å². The van der Waals surface area contributed by atoms with Gasteiger partial charge in [0, 0.05) is 25.1 Å². The molecular weight excluding hydrogens is 469 g/mol. The van der Waals surface area contributed by atoms with Gasteiger partial charge in [0.25, 0.3) is 5.91 Å². The van der Waals surface area contributed by atoms with Crippen molar-refractivity contribution < 1.29 is 23.9 Å². The van der Waals surface area contributed by atoms with E-state index in [1.54, 1.807) is 12.1 Å². The minimum absolute atomic E-state index is 0.00788. The van der Waals surface area contributed by atoms with Gasteiger partial charge in [0.15, 0.2) is 6.61 Å². The minimum atomic E-state index is -0.781. The molecule has 178 valence electrons. The van der Waals surface area contributed by atoms with Crippen molar-refractivity contribution in [1.82, 2.24) is 15.5 Å². The summed E-state index contributed by atoms with van der Waals surface area (Å²) >= 11 is 11.9. The summed E-state index contributed by atoms with van der Waals surface area (Å²) in [6.07, 6.45) is 1.55. The van der Waals surface area contributed by atoms with Crippen LogP contribution in [-0.2, 0) is 19.2 Å². The summed E-state index contributed by atoms with van der Waals surface area (Å²) in [6, 6.07) is 3.26. The van der Waals surface area contributed by atoms with Crippen LogP contribution in [0.2, 0.25) is 10.0 Å². The molecule has 8 nitrogen and oxygen atoms in total. The molecule has 2 heterocycles. The SMILES string of the molecule is CC1(C)[C@@H]2[C@@H](C(=O)N[C@H](C=O)C[C@@H]3CCNC3=O)N(C(=O)COc3ccc(Cl)c(Cl)c3)C[C@@H]21. The lowest BCUT2D eigenvalue weighted by molar-refractivity contribution is -0.142. The Hall–Kier alpha value is -2.32. The molecule has 3 amide bonds. The molecule has 4 rings (SSSR count). The summed E-state index contributed by atoms with van der Waals surface area (Å²) in [4.78, 5) is 51.2. The molecule has 3 fully saturated rings. The molecule has 33 heavy (non-hydrogen) atoms. The van der Waals surface area contributed by atoms with Crippen LogP contribution in [-0.4, -0.2) is 60.7 Å². The van der Waals surface area contributed by atoms with Crippen molar-refractivity contribution in [1.29, 1.82) is 0 Å². The Balaban J connectivity index is 1.41. The molecule has 0 bridgehead atoms. The topological polar surface area (TPSA) is 105 Å². The maximum Gasteiger partial charge on any atom is 0.261 e. The standard InChI is InChI=1S/C23H27Cl2N3O5/c1-23(2)15-9-28(18(30)11-33-14-3-4-16(24)17(25)8-14)20(19(15)23)22(32)27-13(10-29)7-12-5-6-26-21(12)31/h3-4,8,10,12-13,15,19-20H,5-7,9,11H2,1-2H3,(H,26,31)(H,27,32)/t12-,13-,15-,19-,20-/m0/s1. The van der Waals surface area contributed by atoms with Gasteiger partial charge in [-0.15, -0.1) is 0 Å². The van der Waals surface area contributed by atoms with E-state index in [2.05, 4.69) is 24.5 Å². The molecule has 0 spiro atoms. The first-order valence-corrected chi connectivity index (χ1v) is 11.8. The van der Waals surface area contributed by atoms with Crippen molar-refractivity contribution in [3.63, 3.8) is 0 Å². The fourth-order valence-electron chi connectivity index (χ4n) is 5.23. The second kappa shape index (κ2) is 9.14. The Bertz CT molecular complexity index is 985. The van der Waals surface area contributed by atoms with Gasteiger partial charge in [0.1, 0.15) is 18.1 Å². The van der Waals surface area contributed by atoms with Gasteiger partial charge in [-0.05, 0) is 42.2 Å². The highest BCUT2D eigenvalue weighted by atomic mass is 35.5. The van der Waals surface area contributed by atoms with E-state index in [4.69, 9.17) is 27.9 Å². The highest BCUT2D eigenvalue weighted by molar-refractivity contribution is 6.42.